The second kappa shape index (κ2) is 6.16. The van der Waals surface area contributed by atoms with E-state index < -0.39 is 0 Å². The Kier molecular flexibility index (Phi) is 4.53. The molecule has 0 bridgehead atoms. The highest BCUT2D eigenvalue weighted by molar-refractivity contribution is 6.30. The fraction of sp³-hybridized carbons (Fsp3) is 0.250. The molecule has 2 atom stereocenters. The van der Waals surface area contributed by atoms with Crippen LogP contribution in [-0.2, 0) is 0 Å². The van der Waals surface area contributed by atoms with Gasteiger partial charge in [-0.05, 0) is 37.6 Å². The van der Waals surface area contributed by atoms with Crippen LogP contribution in [0.25, 0.3) is 0 Å². The number of nitrogens with one attached hydrogen (secondary N) is 1. The van der Waals surface area contributed by atoms with Crippen molar-refractivity contribution in [3.8, 4) is 11.5 Å². The van der Waals surface area contributed by atoms with Crippen molar-refractivity contribution in [2.75, 3.05) is 0 Å². The molecule has 1 unspecified atom stereocenters. The van der Waals surface area contributed by atoms with Crippen LogP contribution >= 0.6 is 11.6 Å². The lowest BCUT2D eigenvalue weighted by Crippen LogP contribution is -2.22. The van der Waals surface area contributed by atoms with Crippen molar-refractivity contribution in [1.29, 1.82) is 0 Å². The lowest BCUT2D eigenvalue weighted by molar-refractivity contribution is 0.427. The Hall–Kier alpha value is -1.71. The first-order chi connectivity index (χ1) is 9.47. The van der Waals surface area contributed by atoms with Gasteiger partial charge in [-0.1, -0.05) is 29.8 Å². The fourth-order valence-electron chi connectivity index (χ4n) is 2.24. The van der Waals surface area contributed by atoms with Gasteiger partial charge >= 0.3 is 0 Å². The van der Waals surface area contributed by atoms with Crippen LogP contribution in [0, 0.1) is 0 Å². The quantitative estimate of drug-likeness (QED) is 0.793. The highest BCUT2D eigenvalue weighted by Crippen LogP contribution is 2.29. The van der Waals surface area contributed by atoms with Crippen molar-refractivity contribution in [2.24, 2.45) is 0 Å². The maximum Gasteiger partial charge on any atom is 0.124 e. The molecule has 0 heterocycles. The summed E-state index contributed by atoms with van der Waals surface area (Å²) >= 11 is 5.99. The van der Waals surface area contributed by atoms with Crippen molar-refractivity contribution in [2.45, 2.75) is 25.9 Å². The second-order valence-electron chi connectivity index (χ2n) is 4.91. The van der Waals surface area contributed by atoms with Gasteiger partial charge < -0.3 is 15.5 Å². The molecule has 2 aromatic rings. The highest BCUT2D eigenvalue weighted by atomic mass is 35.5. The minimum atomic E-state index is -0.0513. The predicted octanol–water partition coefficient (Wildman–Crippen LogP) is 4.16. The standard InChI is InChI=1S/C16H18ClNO2/c1-10(12-4-3-5-13(17)8-12)18-11(2)15-7-6-14(19)9-16(15)20/h3-11,18-20H,1-2H3/t10-,11?/m1/s1. The number of benzene rings is 2. The zero-order chi connectivity index (χ0) is 14.7. The van der Waals surface area contributed by atoms with Crippen molar-refractivity contribution >= 4 is 11.6 Å². The maximum absolute atomic E-state index is 9.87. The molecule has 0 aliphatic rings. The Balaban J connectivity index is 2.12. The van der Waals surface area contributed by atoms with Gasteiger partial charge in [-0.3, -0.25) is 0 Å². The first-order valence-corrected chi connectivity index (χ1v) is 6.88. The van der Waals surface area contributed by atoms with Crippen LogP contribution in [0.4, 0.5) is 0 Å². The van der Waals surface area contributed by atoms with Gasteiger partial charge in [0, 0.05) is 28.7 Å². The smallest absolute Gasteiger partial charge is 0.124 e. The Morgan fingerprint density at radius 1 is 1.00 bits per heavy atom. The van der Waals surface area contributed by atoms with E-state index in [9.17, 15) is 10.2 Å². The van der Waals surface area contributed by atoms with E-state index in [1.165, 1.54) is 6.07 Å². The summed E-state index contributed by atoms with van der Waals surface area (Å²) < 4.78 is 0. The summed E-state index contributed by atoms with van der Waals surface area (Å²) in [5.74, 6) is 0.143. The van der Waals surface area contributed by atoms with E-state index in [-0.39, 0.29) is 23.6 Å². The number of rotatable bonds is 4. The van der Waals surface area contributed by atoms with Gasteiger partial charge in [0.05, 0.1) is 0 Å². The number of hydrogen-bond donors (Lipinski definition) is 3. The third-order valence-corrected chi connectivity index (χ3v) is 3.56. The molecule has 0 radical (unpaired) electrons. The largest absolute Gasteiger partial charge is 0.508 e. The summed E-state index contributed by atoms with van der Waals surface area (Å²) in [6.45, 7) is 4.01. The topological polar surface area (TPSA) is 52.5 Å². The molecule has 0 aliphatic heterocycles. The lowest BCUT2D eigenvalue weighted by atomic mass is 10.0. The van der Waals surface area contributed by atoms with Crippen LogP contribution in [0.3, 0.4) is 0 Å². The van der Waals surface area contributed by atoms with Crippen LogP contribution in [0.2, 0.25) is 5.02 Å². The Bertz CT molecular complexity index is 601. The summed E-state index contributed by atoms with van der Waals surface area (Å²) in [5, 5.41) is 23.3. The molecule has 2 rings (SSSR count). The molecule has 3 N–H and O–H groups in total. The molecule has 0 saturated carbocycles. The Morgan fingerprint density at radius 3 is 2.40 bits per heavy atom. The van der Waals surface area contributed by atoms with Gasteiger partial charge in [0.2, 0.25) is 0 Å². The zero-order valence-corrected chi connectivity index (χ0v) is 12.2. The minimum Gasteiger partial charge on any atom is -0.508 e. The Labute approximate surface area is 123 Å². The van der Waals surface area contributed by atoms with Gasteiger partial charge in [-0.2, -0.15) is 0 Å². The van der Waals surface area contributed by atoms with Crippen LogP contribution < -0.4 is 5.32 Å². The van der Waals surface area contributed by atoms with Gasteiger partial charge in [0.1, 0.15) is 11.5 Å². The molecule has 0 aromatic heterocycles. The average Bonchev–Trinajstić information content (AvgIpc) is 2.38. The lowest BCUT2D eigenvalue weighted by Gasteiger charge is -2.21. The van der Waals surface area contributed by atoms with Gasteiger partial charge in [0.15, 0.2) is 0 Å². The summed E-state index contributed by atoms with van der Waals surface area (Å²) in [7, 11) is 0. The van der Waals surface area contributed by atoms with Gasteiger partial charge in [0.25, 0.3) is 0 Å². The number of halogens is 1. The van der Waals surface area contributed by atoms with E-state index in [0.29, 0.717) is 5.02 Å². The van der Waals surface area contributed by atoms with E-state index in [1.54, 1.807) is 12.1 Å². The van der Waals surface area contributed by atoms with Crippen molar-refractivity contribution in [3.05, 3.63) is 58.6 Å². The Morgan fingerprint density at radius 2 is 1.75 bits per heavy atom. The first kappa shape index (κ1) is 14.7. The van der Waals surface area contributed by atoms with Crippen LogP contribution in [-0.4, -0.2) is 10.2 Å². The van der Waals surface area contributed by atoms with E-state index in [2.05, 4.69) is 5.32 Å². The predicted molar refractivity (Wildman–Crippen MR) is 81.2 cm³/mol. The zero-order valence-electron chi connectivity index (χ0n) is 11.5. The van der Waals surface area contributed by atoms with Crippen LogP contribution in [0.15, 0.2) is 42.5 Å². The molecule has 2 aromatic carbocycles. The van der Waals surface area contributed by atoms with E-state index in [1.807, 2.05) is 38.1 Å². The fourth-order valence-corrected chi connectivity index (χ4v) is 2.43. The van der Waals surface area contributed by atoms with Crippen molar-refractivity contribution in [3.63, 3.8) is 0 Å². The first-order valence-electron chi connectivity index (χ1n) is 6.50. The maximum atomic E-state index is 9.87. The SMILES string of the molecule is CC(N[C@H](C)c1cccc(Cl)c1)c1ccc(O)cc1O. The molecule has 0 aliphatic carbocycles. The van der Waals surface area contributed by atoms with Crippen LogP contribution in [0.5, 0.6) is 11.5 Å². The molecular formula is C16H18ClNO2. The minimum absolute atomic E-state index is 0.0513. The normalized spacial score (nSPS) is 13.9. The summed E-state index contributed by atoms with van der Waals surface area (Å²) in [4.78, 5) is 0. The molecule has 0 fully saturated rings. The second-order valence-corrected chi connectivity index (χ2v) is 5.34. The van der Waals surface area contributed by atoms with Gasteiger partial charge in [-0.25, -0.2) is 0 Å². The molecule has 4 heteroatoms. The van der Waals surface area contributed by atoms with Crippen molar-refractivity contribution in [1.82, 2.24) is 5.32 Å². The van der Waals surface area contributed by atoms with E-state index in [0.717, 1.165) is 11.1 Å². The van der Waals surface area contributed by atoms with Gasteiger partial charge in [-0.15, -0.1) is 0 Å². The van der Waals surface area contributed by atoms with E-state index >= 15 is 0 Å². The monoisotopic (exact) mass is 291 g/mol. The average molecular weight is 292 g/mol. The highest BCUT2D eigenvalue weighted by Gasteiger charge is 2.14. The molecule has 0 spiro atoms. The summed E-state index contributed by atoms with van der Waals surface area (Å²) in [6.07, 6.45) is 0. The molecule has 0 saturated heterocycles. The number of hydrogen-bond acceptors (Lipinski definition) is 3. The summed E-state index contributed by atoms with van der Waals surface area (Å²) in [6, 6.07) is 12.4. The third kappa shape index (κ3) is 3.44. The summed E-state index contributed by atoms with van der Waals surface area (Å²) in [5.41, 5.74) is 1.83. The van der Waals surface area contributed by atoms with E-state index in [4.69, 9.17) is 11.6 Å². The van der Waals surface area contributed by atoms with Crippen molar-refractivity contribution < 1.29 is 10.2 Å². The molecule has 20 heavy (non-hydrogen) atoms. The number of aromatic hydroxyl groups is 2. The molecule has 0 amide bonds. The molecule has 3 nitrogen and oxygen atoms in total. The van der Waals surface area contributed by atoms with Crippen LogP contribution in [0.1, 0.15) is 37.1 Å². The number of phenolic OH excluding ortho intramolecular Hbond substituents is 2. The number of phenols is 2. The molecular weight excluding hydrogens is 274 g/mol. The molecule has 106 valence electrons. The third-order valence-electron chi connectivity index (χ3n) is 3.33.